The van der Waals surface area contributed by atoms with Gasteiger partial charge in [-0.05, 0) is 50.0 Å². The summed E-state index contributed by atoms with van der Waals surface area (Å²) in [5, 5.41) is 0. The average Bonchev–Trinajstić information content (AvgIpc) is 2.65. The fourth-order valence-electron chi connectivity index (χ4n) is 3.89. The second kappa shape index (κ2) is 9.74. The third-order valence-corrected chi connectivity index (χ3v) is 5.30. The maximum atomic E-state index is 2.70. The molecule has 3 rings (SSSR count). The Morgan fingerprint density at radius 2 is 1.36 bits per heavy atom. The Bertz CT molecular complexity index is 555. The lowest BCUT2D eigenvalue weighted by atomic mass is 9.96. The van der Waals surface area contributed by atoms with Gasteiger partial charge in [0.2, 0.25) is 0 Å². The molecule has 2 aromatic carbocycles. The first-order chi connectivity index (χ1) is 12.4. The van der Waals surface area contributed by atoms with Gasteiger partial charge in [-0.15, -0.1) is 0 Å². The Balaban J connectivity index is 1.80. The molecule has 0 N–H and O–H groups in total. The van der Waals surface area contributed by atoms with Crippen LogP contribution in [0.4, 0.5) is 0 Å². The molecule has 2 nitrogen and oxygen atoms in total. The molecule has 0 unspecified atom stereocenters. The highest BCUT2D eigenvalue weighted by Gasteiger charge is 2.23. The summed E-state index contributed by atoms with van der Waals surface area (Å²) < 4.78 is 0. The molecule has 1 aliphatic heterocycles. The Morgan fingerprint density at radius 3 is 1.96 bits per heavy atom. The molecule has 0 aliphatic carbocycles. The van der Waals surface area contributed by atoms with Crippen LogP contribution < -0.4 is 0 Å². The molecule has 0 saturated carbocycles. The summed E-state index contributed by atoms with van der Waals surface area (Å²) in [6.07, 6.45) is 5.22. The van der Waals surface area contributed by atoms with E-state index in [1.54, 1.807) is 0 Å². The molecule has 1 fully saturated rings. The standard InChI is InChI=1S/C23H32N2/c1-2-3-16-24-17-10-11-18-25(20-19-24)23(21-12-6-4-7-13-21)22-14-8-5-9-15-22/h4-9,12-15,23H,2-3,10-11,16-20H2,1H3. The van der Waals surface area contributed by atoms with Crippen molar-refractivity contribution >= 4 is 0 Å². The topological polar surface area (TPSA) is 6.48 Å². The molecule has 0 amide bonds. The van der Waals surface area contributed by atoms with Crippen LogP contribution >= 0.6 is 0 Å². The van der Waals surface area contributed by atoms with Gasteiger partial charge in [0.15, 0.2) is 0 Å². The fraction of sp³-hybridized carbons (Fsp3) is 0.478. The Labute approximate surface area is 153 Å². The van der Waals surface area contributed by atoms with Crippen LogP contribution in [0.25, 0.3) is 0 Å². The van der Waals surface area contributed by atoms with E-state index in [0.717, 1.165) is 6.54 Å². The zero-order valence-corrected chi connectivity index (χ0v) is 15.6. The van der Waals surface area contributed by atoms with E-state index in [-0.39, 0.29) is 0 Å². The van der Waals surface area contributed by atoms with Gasteiger partial charge in [-0.2, -0.15) is 0 Å². The molecule has 1 heterocycles. The Morgan fingerprint density at radius 1 is 0.760 bits per heavy atom. The molecule has 1 aliphatic rings. The summed E-state index contributed by atoms with van der Waals surface area (Å²) in [5.41, 5.74) is 2.82. The second-order valence-corrected chi connectivity index (χ2v) is 7.16. The van der Waals surface area contributed by atoms with Gasteiger partial charge >= 0.3 is 0 Å². The van der Waals surface area contributed by atoms with Crippen LogP contribution in [0.2, 0.25) is 0 Å². The van der Waals surface area contributed by atoms with Crippen molar-refractivity contribution in [1.82, 2.24) is 9.80 Å². The minimum atomic E-state index is 0.369. The third-order valence-electron chi connectivity index (χ3n) is 5.30. The Kier molecular flexibility index (Phi) is 7.08. The molecule has 2 heteroatoms. The minimum Gasteiger partial charge on any atom is -0.302 e. The van der Waals surface area contributed by atoms with E-state index in [4.69, 9.17) is 0 Å². The van der Waals surface area contributed by atoms with Gasteiger partial charge in [0.1, 0.15) is 0 Å². The molecule has 25 heavy (non-hydrogen) atoms. The van der Waals surface area contributed by atoms with Crippen LogP contribution in [0.5, 0.6) is 0 Å². The lowest BCUT2D eigenvalue weighted by molar-refractivity contribution is 0.149. The summed E-state index contributed by atoms with van der Waals surface area (Å²) in [6.45, 7) is 8.35. The van der Waals surface area contributed by atoms with Gasteiger partial charge in [-0.3, -0.25) is 4.90 Å². The largest absolute Gasteiger partial charge is 0.302 e. The van der Waals surface area contributed by atoms with Gasteiger partial charge in [-0.1, -0.05) is 74.0 Å². The quantitative estimate of drug-likeness (QED) is 0.734. The van der Waals surface area contributed by atoms with Crippen molar-refractivity contribution in [3.63, 3.8) is 0 Å². The second-order valence-electron chi connectivity index (χ2n) is 7.16. The van der Waals surface area contributed by atoms with Gasteiger partial charge in [0.05, 0.1) is 6.04 Å². The molecular formula is C23H32N2. The summed E-state index contributed by atoms with van der Waals surface area (Å²) in [4.78, 5) is 5.37. The number of benzene rings is 2. The lowest BCUT2D eigenvalue weighted by Crippen LogP contribution is -2.41. The van der Waals surface area contributed by atoms with E-state index in [1.807, 2.05) is 0 Å². The molecule has 0 bridgehead atoms. The van der Waals surface area contributed by atoms with Crippen LogP contribution in [-0.4, -0.2) is 42.5 Å². The molecule has 0 atom stereocenters. The van der Waals surface area contributed by atoms with E-state index in [9.17, 15) is 0 Å². The smallest absolute Gasteiger partial charge is 0.0602 e. The monoisotopic (exact) mass is 336 g/mol. The summed E-state index contributed by atoms with van der Waals surface area (Å²) in [6, 6.07) is 22.4. The maximum absolute atomic E-state index is 2.70. The molecule has 0 aromatic heterocycles. The van der Waals surface area contributed by atoms with Crippen molar-refractivity contribution in [2.45, 2.75) is 38.6 Å². The fourth-order valence-corrected chi connectivity index (χ4v) is 3.89. The van der Waals surface area contributed by atoms with Crippen molar-refractivity contribution in [2.75, 3.05) is 32.7 Å². The highest BCUT2D eigenvalue weighted by molar-refractivity contribution is 5.31. The highest BCUT2D eigenvalue weighted by Crippen LogP contribution is 2.29. The normalized spacial score (nSPS) is 17.4. The zero-order valence-electron chi connectivity index (χ0n) is 15.6. The summed E-state index contributed by atoms with van der Waals surface area (Å²) in [5.74, 6) is 0. The van der Waals surface area contributed by atoms with Gasteiger partial charge in [0, 0.05) is 13.1 Å². The van der Waals surface area contributed by atoms with Crippen molar-refractivity contribution in [2.24, 2.45) is 0 Å². The number of unbranched alkanes of at least 4 members (excludes halogenated alkanes) is 1. The number of nitrogens with zero attached hydrogens (tertiary/aromatic N) is 2. The first-order valence-corrected chi connectivity index (χ1v) is 9.95. The van der Waals surface area contributed by atoms with E-state index >= 15 is 0 Å². The SMILES string of the molecule is CCCCN1CCCCN(C(c2ccccc2)c2ccccc2)CC1. The maximum Gasteiger partial charge on any atom is 0.0602 e. The van der Waals surface area contributed by atoms with Crippen LogP contribution in [-0.2, 0) is 0 Å². The third kappa shape index (κ3) is 5.17. The minimum absolute atomic E-state index is 0.369. The zero-order chi connectivity index (χ0) is 17.3. The van der Waals surface area contributed by atoms with E-state index in [0.29, 0.717) is 6.04 Å². The van der Waals surface area contributed by atoms with E-state index < -0.39 is 0 Å². The van der Waals surface area contributed by atoms with Gasteiger partial charge in [-0.25, -0.2) is 0 Å². The molecular weight excluding hydrogens is 304 g/mol. The average molecular weight is 337 g/mol. The first-order valence-electron chi connectivity index (χ1n) is 9.95. The van der Waals surface area contributed by atoms with Crippen LogP contribution in [0.1, 0.15) is 49.8 Å². The lowest BCUT2D eigenvalue weighted by Gasteiger charge is -2.36. The van der Waals surface area contributed by atoms with Crippen molar-refractivity contribution in [3.8, 4) is 0 Å². The Hall–Kier alpha value is -1.64. The molecule has 2 aromatic rings. The van der Waals surface area contributed by atoms with E-state index in [1.165, 1.54) is 63.0 Å². The van der Waals surface area contributed by atoms with Crippen LogP contribution in [0.3, 0.4) is 0 Å². The van der Waals surface area contributed by atoms with Crippen molar-refractivity contribution in [3.05, 3.63) is 71.8 Å². The van der Waals surface area contributed by atoms with Crippen molar-refractivity contribution < 1.29 is 0 Å². The molecule has 1 saturated heterocycles. The molecule has 134 valence electrons. The predicted octanol–water partition coefficient (Wildman–Crippen LogP) is 4.97. The first kappa shape index (κ1) is 18.2. The van der Waals surface area contributed by atoms with E-state index in [2.05, 4.69) is 77.4 Å². The van der Waals surface area contributed by atoms with Crippen LogP contribution in [0.15, 0.2) is 60.7 Å². The number of hydrogen-bond donors (Lipinski definition) is 0. The van der Waals surface area contributed by atoms with Crippen LogP contribution in [0, 0.1) is 0 Å². The van der Waals surface area contributed by atoms with Gasteiger partial charge in [0.25, 0.3) is 0 Å². The number of hydrogen-bond acceptors (Lipinski definition) is 2. The van der Waals surface area contributed by atoms with Gasteiger partial charge < -0.3 is 4.90 Å². The predicted molar refractivity (Wildman–Crippen MR) is 107 cm³/mol. The summed E-state index contributed by atoms with van der Waals surface area (Å²) in [7, 11) is 0. The molecule has 0 spiro atoms. The summed E-state index contributed by atoms with van der Waals surface area (Å²) >= 11 is 0. The molecule has 0 radical (unpaired) electrons. The van der Waals surface area contributed by atoms with Crippen molar-refractivity contribution in [1.29, 1.82) is 0 Å². The number of rotatable bonds is 6. The highest BCUT2D eigenvalue weighted by atomic mass is 15.2.